The molecule has 0 bridgehead atoms. The zero-order chi connectivity index (χ0) is 19.5. The monoisotopic (exact) mass is 379 g/mol. The van der Waals surface area contributed by atoms with Gasteiger partial charge in [-0.2, -0.15) is 0 Å². The molecule has 7 heteroatoms. The Morgan fingerprint density at radius 2 is 1.96 bits per heavy atom. The molecule has 0 radical (unpaired) electrons. The average molecular weight is 379 g/mol. The van der Waals surface area contributed by atoms with E-state index in [1.54, 1.807) is 24.3 Å². The number of piperazine rings is 1. The van der Waals surface area contributed by atoms with Gasteiger partial charge < -0.3 is 20.3 Å². The molecule has 0 spiro atoms. The molecule has 2 aliphatic rings. The number of carbonyl (C=O) groups is 3. The fourth-order valence-electron chi connectivity index (χ4n) is 3.43. The Bertz CT molecular complexity index is 924. The lowest BCUT2D eigenvalue weighted by molar-refractivity contribution is -0.123. The van der Waals surface area contributed by atoms with Crippen molar-refractivity contribution in [1.82, 2.24) is 10.2 Å². The van der Waals surface area contributed by atoms with Gasteiger partial charge in [-0.15, -0.1) is 0 Å². The first-order valence-corrected chi connectivity index (χ1v) is 9.29. The van der Waals surface area contributed by atoms with Crippen LogP contribution in [-0.2, 0) is 22.4 Å². The maximum Gasteiger partial charge on any atom is 0.254 e. The molecule has 2 heterocycles. The SMILES string of the molecule is O=C1CN(C(=O)c2ccc(NC(=O)Cc3ccc4c(c3)CCO4)cc2)CCN1. The van der Waals surface area contributed by atoms with Crippen LogP contribution < -0.4 is 15.4 Å². The Labute approximate surface area is 162 Å². The minimum absolute atomic E-state index is 0.0726. The Balaban J connectivity index is 1.35. The Kier molecular flexibility index (Phi) is 4.97. The zero-order valence-electron chi connectivity index (χ0n) is 15.4. The van der Waals surface area contributed by atoms with Crippen LogP contribution in [0.3, 0.4) is 0 Å². The van der Waals surface area contributed by atoms with Gasteiger partial charge in [0.05, 0.1) is 19.6 Å². The molecule has 2 aromatic carbocycles. The molecule has 4 rings (SSSR count). The number of benzene rings is 2. The summed E-state index contributed by atoms with van der Waals surface area (Å²) in [4.78, 5) is 37.7. The van der Waals surface area contributed by atoms with Crippen LogP contribution in [-0.4, -0.2) is 48.9 Å². The van der Waals surface area contributed by atoms with Crippen molar-refractivity contribution in [2.75, 3.05) is 31.6 Å². The van der Waals surface area contributed by atoms with Gasteiger partial charge in [-0.1, -0.05) is 12.1 Å². The largest absolute Gasteiger partial charge is 0.493 e. The third-order valence-corrected chi connectivity index (χ3v) is 4.86. The molecule has 0 unspecified atom stereocenters. The van der Waals surface area contributed by atoms with Crippen LogP contribution in [0.2, 0.25) is 0 Å². The van der Waals surface area contributed by atoms with Crippen molar-refractivity contribution < 1.29 is 19.1 Å². The van der Waals surface area contributed by atoms with Crippen LogP contribution in [0.25, 0.3) is 0 Å². The van der Waals surface area contributed by atoms with E-state index in [4.69, 9.17) is 4.74 Å². The predicted octanol–water partition coefficient (Wildman–Crippen LogP) is 1.37. The molecule has 2 aliphatic heterocycles. The van der Waals surface area contributed by atoms with Gasteiger partial charge >= 0.3 is 0 Å². The van der Waals surface area contributed by atoms with Crippen LogP contribution in [0.15, 0.2) is 42.5 Å². The first kappa shape index (κ1) is 18.0. The fraction of sp³-hybridized carbons (Fsp3) is 0.286. The van der Waals surface area contributed by atoms with Crippen molar-refractivity contribution in [2.24, 2.45) is 0 Å². The minimum Gasteiger partial charge on any atom is -0.493 e. The number of hydrogen-bond donors (Lipinski definition) is 2. The second kappa shape index (κ2) is 7.72. The summed E-state index contributed by atoms with van der Waals surface area (Å²) < 4.78 is 5.48. The number of hydrogen-bond acceptors (Lipinski definition) is 4. The summed E-state index contributed by atoms with van der Waals surface area (Å²) >= 11 is 0. The average Bonchev–Trinajstić information content (AvgIpc) is 3.16. The Morgan fingerprint density at radius 3 is 2.75 bits per heavy atom. The maximum absolute atomic E-state index is 12.5. The van der Waals surface area contributed by atoms with E-state index in [1.165, 1.54) is 4.90 Å². The highest BCUT2D eigenvalue weighted by atomic mass is 16.5. The molecule has 0 aromatic heterocycles. The summed E-state index contributed by atoms with van der Waals surface area (Å²) in [6.45, 7) is 1.73. The lowest BCUT2D eigenvalue weighted by atomic mass is 10.1. The molecular formula is C21H21N3O4. The number of rotatable bonds is 4. The highest BCUT2D eigenvalue weighted by Gasteiger charge is 2.22. The van der Waals surface area contributed by atoms with Crippen LogP contribution in [0.1, 0.15) is 21.5 Å². The predicted molar refractivity (Wildman–Crippen MR) is 103 cm³/mol. The quantitative estimate of drug-likeness (QED) is 0.840. The van der Waals surface area contributed by atoms with Gasteiger partial charge in [0.15, 0.2) is 0 Å². The molecular weight excluding hydrogens is 358 g/mol. The summed E-state index contributed by atoms with van der Waals surface area (Å²) in [7, 11) is 0. The third kappa shape index (κ3) is 3.98. The molecule has 0 aliphatic carbocycles. The molecule has 1 saturated heterocycles. The van der Waals surface area contributed by atoms with E-state index in [0.717, 1.165) is 23.3 Å². The van der Waals surface area contributed by atoms with Gasteiger partial charge in [-0.3, -0.25) is 14.4 Å². The van der Waals surface area contributed by atoms with E-state index in [9.17, 15) is 14.4 Å². The van der Waals surface area contributed by atoms with Gasteiger partial charge in [0, 0.05) is 30.8 Å². The van der Waals surface area contributed by atoms with E-state index < -0.39 is 0 Å². The van der Waals surface area contributed by atoms with E-state index in [2.05, 4.69) is 10.6 Å². The molecule has 28 heavy (non-hydrogen) atoms. The minimum atomic E-state index is -0.187. The van der Waals surface area contributed by atoms with Crippen molar-refractivity contribution >= 4 is 23.4 Å². The van der Waals surface area contributed by atoms with Gasteiger partial charge in [-0.25, -0.2) is 0 Å². The highest BCUT2D eigenvalue weighted by Crippen LogP contribution is 2.26. The second-order valence-electron chi connectivity index (χ2n) is 6.92. The summed E-state index contributed by atoms with van der Waals surface area (Å²) in [5.74, 6) is 0.441. The molecule has 7 nitrogen and oxygen atoms in total. The van der Waals surface area contributed by atoms with Crippen molar-refractivity contribution in [3.05, 3.63) is 59.2 Å². The summed E-state index contributed by atoms with van der Waals surface area (Å²) in [6.07, 6.45) is 1.15. The number of anilines is 1. The molecule has 2 aromatic rings. The van der Waals surface area contributed by atoms with Crippen LogP contribution >= 0.6 is 0 Å². The van der Waals surface area contributed by atoms with Gasteiger partial charge in [0.25, 0.3) is 5.91 Å². The zero-order valence-corrected chi connectivity index (χ0v) is 15.4. The molecule has 0 saturated carbocycles. The van der Waals surface area contributed by atoms with Crippen LogP contribution in [0.5, 0.6) is 5.75 Å². The normalized spacial score (nSPS) is 15.4. The number of carbonyl (C=O) groups excluding carboxylic acids is 3. The fourth-order valence-corrected chi connectivity index (χ4v) is 3.43. The van der Waals surface area contributed by atoms with Gasteiger partial charge in [0.1, 0.15) is 5.75 Å². The van der Waals surface area contributed by atoms with Crippen molar-refractivity contribution in [2.45, 2.75) is 12.8 Å². The molecule has 2 N–H and O–H groups in total. The Morgan fingerprint density at radius 1 is 1.14 bits per heavy atom. The standard InChI is InChI=1S/C21H21N3O4/c25-19(12-14-1-6-18-16(11-14)7-10-28-18)23-17-4-2-15(3-5-17)21(27)24-9-8-22-20(26)13-24/h1-6,11H,7-10,12-13H2,(H,22,26)(H,23,25). The van der Waals surface area contributed by atoms with Crippen molar-refractivity contribution in [1.29, 1.82) is 0 Å². The van der Waals surface area contributed by atoms with Gasteiger partial charge in [-0.05, 0) is 41.5 Å². The van der Waals surface area contributed by atoms with E-state index in [-0.39, 0.29) is 30.7 Å². The number of fused-ring (bicyclic) bond motifs is 1. The third-order valence-electron chi connectivity index (χ3n) is 4.86. The van der Waals surface area contributed by atoms with E-state index in [1.807, 2.05) is 18.2 Å². The maximum atomic E-state index is 12.5. The number of amides is 3. The Hall–Kier alpha value is -3.35. The smallest absolute Gasteiger partial charge is 0.254 e. The van der Waals surface area contributed by atoms with E-state index in [0.29, 0.717) is 30.9 Å². The van der Waals surface area contributed by atoms with Gasteiger partial charge in [0.2, 0.25) is 11.8 Å². The molecule has 3 amide bonds. The lowest BCUT2D eigenvalue weighted by Gasteiger charge is -2.26. The summed E-state index contributed by atoms with van der Waals surface area (Å²) in [5.41, 5.74) is 3.20. The van der Waals surface area contributed by atoms with Crippen molar-refractivity contribution in [3.8, 4) is 5.75 Å². The van der Waals surface area contributed by atoms with E-state index >= 15 is 0 Å². The first-order valence-electron chi connectivity index (χ1n) is 9.29. The molecule has 0 atom stereocenters. The first-order chi connectivity index (χ1) is 13.6. The summed E-state index contributed by atoms with van der Waals surface area (Å²) in [6, 6.07) is 12.6. The molecule has 144 valence electrons. The number of ether oxygens (including phenoxy) is 1. The highest BCUT2D eigenvalue weighted by molar-refractivity contribution is 5.98. The number of nitrogens with zero attached hydrogens (tertiary/aromatic N) is 1. The lowest BCUT2D eigenvalue weighted by Crippen LogP contribution is -2.49. The van der Waals surface area contributed by atoms with Crippen LogP contribution in [0.4, 0.5) is 5.69 Å². The topological polar surface area (TPSA) is 87.7 Å². The van der Waals surface area contributed by atoms with Crippen LogP contribution in [0, 0.1) is 0 Å². The summed E-state index contributed by atoms with van der Waals surface area (Å²) in [5, 5.41) is 5.55. The van der Waals surface area contributed by atoms with Crippen molar-refractivity contribution in [3.63, 3.8) is 0 Å². The second-order valence-corrected chi connectivity index (χ2v) is 6.92. The number of nitrogens with one attached hydrogen (secondary N) is 2. The molecule has 1 fully saturated rings.